The van der Waals surface area contributed by atoms with Gasteiger partial charge in [0.15, 0.2) is 5.17 Å². The van der Waals surface area contributed by atoms with Gasteiger partial charge in [0.25, 0.3) is 0 Å². The molecule has 4 nitrogen and oxygen atoms in total. The highest BCUT2D eigenvalue weighted by atomic mass is 32.2. The molecular formula is C20H25N3OS. The molecule has 0 unspecified atom stereocenters. The van der Waals surface area contributed by atoms with E-state index in [1.54, 1.807) is 0 Å². The van der Waals surface area contributed by atoms with Crippen LogP contribution in [0.15, 0.2) is 34.2 Å². The number of nitrogens with one attached hydrogen (secondary N) is 1. The number of anilines is 1. The van der Waals surface area contributed by atoms with Crippen molar-refractivity contribution in [1.29, 1.82) is 0 Å². The average molecular weight is 356 g/mol. The van der Waals surface area contributed by atoms with Crippen LogP contribution >= 0.6 is 11.8 Å². The van der Waals surface area contributed by atoms with Crippen molar-refractivity contribution in [3.05, 3.63) is 34.7 Å². The molecule has 5 heteroatoms. The van der Waals surface area contributed by atoms with Gasteiger partial charge < -0.3 is 10.2 Å². The number of amidine groups is 1. The molecule has 1 N–H and O–H groups in total. The number of amides is 1. The Kier molecular flexibility index (Phi) is 4.36. The third-order valence-electron chi connectivity index (χ3n) is 5.28. The average Bonchev–Trinajstić information content (AvgIpc) is 3.10. The maximum absolute atomic E-state index is 11.9. The second-order valence-corrected chi connectivity index (χ2v) is 8.61. The van der Waals surface area contributed by atoms with Gasteiger partial charge in [-0.2, -0.15) is 0 Å². The molecule has 1 aromatic carbocycles. The Labute approximate surface area is 153 Å². The van der Waals surface area contributed by atoms with E-state index < -0.39 is 0 Å². The van der Waals surface area contributed by atoms with Gasteiger partial charge >= 0.3 is 0 Å². The highest BCUT2D eigenvalue weighted by Gasteiger charge is 2.43. The molecule has 0 saturated heterocycles. The minimum atomic E-state index is -0.0116. The molecule has 1 fully saturated rings. The van der Waals surface area contributed by atoms with Crippen molar-refractivity contribution in [3.63, 3.8) is 0 Å². The zero-order valence-electron chi connectivity index (χ0n) is 15.1. The first kappa shape index (κ1) is 16.7. The van der Waals surface area contributed by atoms with Crippen molar-refractivity contribution in [2.45, 2.75) is 58.5 Å². The van der Waals surface area contributed by atoms with Gasteiger partial charge in [-0.05, 0) is 37.5 Å². The largest absolute Gasteiger partial charge is 0.326 e. The number of hydrogen-bond donors (Lipinski definition) is 1. The maximum atomic E-state index is 11.9. The molecule has 0 aromatic heterocycles. The third-order valence-corrected chi connectivity index (χ3v) is 6.26. The molecule has 1 saturated carbocycles. The molecule has 0 radical (unpaired) electrons. The monoisotopic (exact) mass is 355 g/mol. The number of rotatable bonds is 3. The number of hydrogen-bond acceptors (Lipinski definition) is 4. The summed E-state index contributed by atoms with van der Waals surface area (Å²) in [5, 5.41) is 4.15. The van der Waals surface area contributed by atoms with Crippen LogP contribution in [0.3, 0.4) is 0 Å². The molecule has 1 aliphatic carbocycles. The molecule has 0 spiro atoms. The van der Waals surface area contributed by atoms with Gasteiger partial charge in [-0.15, -0.1) is 0 Å². The van der Waals surface area contributed by atoms with Crippen LogP contribution in [0.5, 0.6) is 0 Å². The Bertz CT molecular complexity index is 751. The molecule has 1 aromatic rings. The molecule has 1 amide bonds. The normalized spacial score (nSPS) is 25.1. The molecule has 2 aliphatic heterocycles. The number of benzene rings is 1. The van der Waals surface area contributed by atoms with Gasteiger partial charge in [0, 0.05) is 16.5 Å². The predicted molar refractivity (Wildman–Crippen MR) is 105 cm³/mol. The summed E-state index contributed by atoms with van der Waals surface area (Å²) < 4.78 is 0. The van der Waals surface area contributed by atoms with Gasteiger partial charge in [-0.3, -0.25) is 9.79 Å². The molecule has 4 rings (SSSR count). The fraction of sp³-hybridized carbons (Fsp3) is 0.500. The maximum Gasteiger partial charge on any atom is 0.226 e. The van der Waals surface area contributed by atoms with Gasteiger partial charge in [0.2, 0.25) is 5.91 Å². The van der Waals surface area contributed by atoms with Crippen molar-refractivity contribution in [2.75, 3.05) is 5.32 Å². The van der Waals surface area contributed by atoms with Crippen LogP contribution in [0.4, 0.5) is 5.69 Å². The standard InChI is InChI=1S/C20H25N3OS/c1-12(2)19(24)21-15-10-8-14(9-11-15)18-13(3)25-20-22-16-6-4-5-7-17(16)23(18)20/h8-12,16-17H,4-7H2,1-3H3,(H,21,24)/t16-,17+/m0/s1. The first-order valence-corrected chi connectivity index (χ1v) is 10.0. The Morgan fingerprint density at radius 3 is 2.68 bits per heavy atom. The van der Waals surface area contributed by atoms with Crippen molar-refractivity contribution in [3.8, 4) is 0 Å². The smallest absolute Gasteiger partial charge is 0.226 e. The van der Waals surface area contributed by atoms with Crippen LogP contribution in [0.2, 0.25) is 0 Å². The number of carbonyl (C=O) groups excluding carboxylic acids is 1. The number of aliphatic imine (C=N–C) groups is 1. The highest BCUT2D eigenvalue weighted by molar-refractivity contribution is 8.17. The minimum absolute atomic E-state index is 0.0116. The third kappa shape index (κ3) is 2.99. The minimum Gasteiger partial charge on any atom is -0.326 e. The van der Waals surface area contributed by atoms with E-state index in [0.717, 1.165) is 5.69 Å². The number of nitrogens with zero attached hydrogens (tertiary/aromatic N) is 2. The summed E-state index contributed by atoms with van der Waals surface area (Å²) in [5.74, 6) is 0.0426. The van der Waals surface area contributed by atoms with E-state index in [2.05, 4.69) is 29.3 Å². The summed E-state index contributed by atoms with van der Waals surface area (Å²) in [6, 6.07) is 9.25. The van der Waals surface area contributed by atoms with Crippen molar-refractivity contribution < 1.29 is 4.79 Å². The Balaban J connectivity index is 1.58. The lowest BCUT2D eigenvalue weighted by atomic mass is 9.90. The van der Waals surface area contributed by atoms with E-state index in [1.807, 2.05) is 37.7 Å². The SMILES string of the molecule is CC1=C(c2ccc(NC(=O)C(C)C)cc2)N2C(=N[C@H]3CCCC[C@H]32)S1. The number of thioether (sulfide) groups is 1. The molecular weight excluding hydrogens is 330 g/mol. The highest BCUT2D eigenvalue weighted by Crippen LogP contribution is 2.47. The molecule has 0 bridgehead atoms. The summed E-state index contributed by atoms with van der Waals surface area (Å²) in [5.41, 5.74) is 3.38. The zero-order valence-corrected chi connectivity index (χ0v) is 15.9. The fourth-order valence-corrected chi connectivity index (χ4v) is 5.02. The van der Waals surface area contributed by atoms with E-state index in [-0.39, 0.29) is 11.8 Å². The van der Waals surface area contributed by atoms with Crippen LogP contribution in [0.1, 0.15) is 52.0 Å². The van der Waals surface area contributed by atoms with E-state index >= 15 is 0 Å². The van der Waals surface area contributed by atoms with Crippen LogP contribution in [0.25, 0.3) is 5.70 Å². The summed E-state index contributed by atoms with van der Waals surface area (Å²) in [6.07, 6.45) is 5.06. The van der Waals surface area contributed by atoms with Crippen molar-refractivity contribution >= 4 is 34.2 Å². The van der Waals surface area contributed by atoms with Crippen LogP contribution in [-0.2, 0) is 4.79 Å². The van der Waals surface area contributed by atoms with E-state index in [0.29, 0.717) is 12.1 Å². The van der Waals surface area contributed by atoms with Crippen LogP contribution in [-0.4, -0.2) is 28.1 Å². The fourth-order valence-electron chi connectivity index (χ4n) is 3.92. The second kappa shape index (κ2) is 6.52. The summed E-state index contributed by atoms with van der Waals surface area (Å²) in [7, 11) is 0. The van der Waals surface area contributed by atoms with Crippen LogP contribution < -0.4 is 5.32 Å². The molecule has 2 heterocycles. The molecule has 2 atom stereocenters. The van der Waals surface area contributed by atoms with E-state index in [4.69, 9.17) is 4.99 Å². The topological polar surface area (TPSA) is 44.7 Å². The molecule has 25 heavy (non-hydrogen) atoms. The van der Waals surface area contributed by atoms with E-state index in [1.165, 1.54) is 47.0 Å². The molecule has 132 valence electrons. The van der Waals surface area contributed by atoms with Crippen molar-refractivity contribution in [2.24, 2.45) is 10.9 Å². The van der Waals surface area contributed by atoms with Crippen molar-refractivity contribution in [1.82, 2.24) is 4.90 Å². The summed E-state index contributed by atoms with van der Waals surface area (Å²) >= 11 is 1.81. The Morgan fingerprint density at radius 1 is 1.24 bits per heavy atom. The predicted octanol–water partition coefficient (Wildman–Crippen LogP) is 4.70. The quantitative estimate of drug-likeness (QED) is 0.855. The Hall–Kier alpha value is -1.75. The number of carbonyl (C=O) groups is 1. The van der Waals surface area contributed by atoms with Gasteiger partial charge in [-0.25, -0.2) is 0 Å². The first-order valence-electron chi connectivity index (χ1n) is 9.21. The lowest BCUT2D eigenvalue weighted by molar-refractivity contribution is -0.118. The number of fused-ring (bicyclic) bond motifs is 3. The van der Waals surface area contributed by atoms with Gasteiger partial charge in [0.05, 0.1) is 17.8 Å². The van der Waals surface area contributed by atoms with E-state index in [9.17, 15) is 4.79 Å². The van der Waals surface area contributed by atoms with Gasteiger partial charge in [0.1, 0.15) is 0 Å². The second-order valence-electron chi connectivity index (χ2n) is 7.43. The summed E-state index contributed by atoms with van der Waals surface area (Å²) in [6.45, 7) is 6.00. The zero-order chi connectivity index (χ0) is 17.6. The summed E-state index contributed by atoms with van der Waals surface area (Å²) in [4.78, 5) is 20.6. The first-order chi connectivity index (χ1) is 12.0. The lowest BCUT2D eigenvalue weighted by Crippen LogP contribution is -2.38. The molecule has 3 aliphatic rings. The van der Waals surface area contributed by atoms with Gasteiger partial charge in [-0.1, -0.05) is 50.6 Å². The van der Waals surface area contributed by atoms with Crippen LogP contribution in [0, 0.1) is 5.92 Å². The Morgan fingerprint density at radius 2 is 1.96 bits per heavy atom. The number of allylic oxidation sites excluding steroid dienone is 1. The lowest BCUT2D eigenvalue weighted by Gasteiger charge is -2.32.